The summed E-state index contributed by atoms with van der Waals surface area (Å²) in [5.41, 5.74) is 0. The molecule has 1 N–H and O–H groups in total. The van der Waals surface area contributed by atoms with Crippen LogP contribution in [0.15, 0.2) is 0 Å². The molecule has 84 valence electrons. The molecule has 0 saturated heterocycles. The Morgan fingerprint density at radius 1 is 1.43 bits per heavy atom. The van der Waals surface area contributed by atoms with Gasteiger partial charge in [-0.2, -0.15) is 11.8 Å². The van der Waals surface area contributed by atoms with Gasteiger partial charge >= 0.3 is 0 Å². The molecule has 0 aliphatic heterocycles. The molecule has 3 heteroatoms. The quantitative estimate of drug-likeness (QED) is 0.779. The summed E-state index contributed by atoms with van der Waals surface area (Å²) in [6, 6.07) is 0.966. The van der Waals surface area contributed by atoms with E-state index in [1.165, 1.54) is 12.8 Å². The van der Waals surface area contributed by atoms with Gasteiger partial charge in [0.15, 0.2) is 0 Å². The second-order valence-corrected chi connectivity index (χ2v) is 5.30. The average molecular weight is 217 g/mol. The molecule has 2 nitrogen and oxygen atoms in total. The van der Waals surface area contributed by atoms with Gasteiger partial charge in [0.05, 0.1) is 6.10 Å². The minimum Gasteiger partial charge on any atom is -0.391 e. The lowest BCUT2D eigenvalue weighted by Crippen LogP contribution is -2.48. The van der Waals surface area contributed by atoms with Gasteiger partial charge in [0, 0.05) is 17.8 Å². The van der Waals surface area contributed by atoms with E-state index < -0.39 is 0 Å². The number of thioether (sulfide) groups is 1. The summed E-state index contributed by atoms with van der Waals surface area (Å²) >= 11 is 1.88. The first-order valence-corrected chi connectivity index (χ1v) is 6.95. The van der Waals surface area contributed by atoms with Crippen LogP contribution >= 0.6 is 11.8 Å². The van der Waals surface area contributed by atoms with Crippen molar-refractivity contribution >= 4 is 11.8 Å². The van der Waals surface area contributed by atoms with Gasteiger partial charge in [-0.05, 0) is 33.1 Å². The number of aliphatic hydroxyl groups excluding tert-OH is 1. The molecule has 0 radical (unpaired) electrons. The third kappa shape index (κ3) is 3.14. The van der Waals surface area contributed by atoms with Crippen LogP contribution in [0.2, 0.25) is 0 Å². The highest BCUT2D eigenvalue weighted by molar-refractivity contribution is 7.98. The van der Waals surface area contributed by atoms with Crippen LogP contribution in [0, 0.1) is 0 Å². The fourth-order valence-corrected chi connectivity index (χ4v) is 2.97. The summed E-state index contributed by atoms with van der Waals surface area (Å²) < 4.78 is 0. The predicted octanol–water partition coefficient (Wildman–Crippen LogP) is 1.97. The molecule has 1 unspecified atom stereocenters. The molecule has 1 aliphatic rings. The van der Waals surface area contributed by atoms with E-state index in [0.717, 1.165) is 18.6 Å². The van der Waals surface area contributed by atoms with Crippen molar-refractivity contribution < 1.29 is 5.11 Å². The summed E-state index contributed by atoms with van der Waals surface area (Å²) in [4.78, 5) is 2.36. The van der Waals surface area contributed by atoms with E-state index in [-0.39, 0.29) is 6.10 Å². The summed E-state index contributed by atoms with van der Waals surface area (Å²) in [5, 5.41) is 9.91. The Balaban J connectivity index is 2.44. The molecule has 0 aromatic carbocycles. The second kappa shape index (κ2) is 5.99. The van der Waals surface area contributed by atoms with Gasteiger partial charge in [-0.3, -0.25) is 4.90 Å². The van der Waals surface area contributed by atoms with Crippen LogP contribution in [0.5, 0.6) is 0 Å². The summed E-state index contributed by atoms with van der Waals surface area (Å²) in [7, 11) is 2.15. The van der Waals surface area contributed by atoms with Crippen molar-refractivity contribution in [2.45, 2.75) is 50.8 Å². The fraction of sp³-hybridized carbons (Fsp3) is 1.00. The van der Waals surface area contributed by atoms with Crippen molar-refractivity contribution in [1.82, 2.24) is 4.90 Å². The fourth-order valence-electron chi connectivity index (χ4n) is 2.25. The Labute approximate surface area is 92.1 Å². The third-order valence-corrected chi connectivity index (χ3v) is 4.14. The molecular formula is C11H23NOS. The van der Waals surface area contributed by atoms with E-state index in [2.05, 4.69) is 25.1 Å². The first-order valence-electron chi connectivity index (χ1n) is 5.55. The molecule has 0 spiro atoms. The molecule has 0 heterocycles. The lowest BCUT2D eigenvalue weighted by Gasteiger charge is -2.38. The van der Waals surface area contributed by atoms with Crippen molar-refractivity contribution in [3.05, 3.63) is 0 Å². The molecule has 0 bridgehead atoms. The smallest absolute Gasteiger partial charge is 0.0695 e. The Hall–Kier alpha value is 0.270. The van der Waals surface area contributed by atoms with E-state index in [9.17, 15) is 5.11 Å². The van der Waals surface area contributed by atoms with Crippen molar-refractivity contribution in [3.63, 3.8) is 0 Å². The normalized spacial score (nSPS) is 30.6. The summed E-state index contributed by atoms with van der Waals surface area (Å²) in [6.07, 6.45) is 6.66. The number of nitrogens with zero attached hydrogens (tertiary/aromatic N) is 1. The van der Waals surface area contributed by atoms with E-state index in [1.54, 1.807) is 0 Å². The van der Waals surface area contributed by atoms with Crippen LogP contribution in [-0.2, 0) is 0 Å². The molecular weight excluding hydrogens is 194 g/mol. The minimum absolute atomic E-state index is 0.0990. The Kier molecular flexibility index (Phi) is 5.28. The topological polar surface area (TPSA) is 23.5 Å². The molecule has 1 rings (SSSR count). The highest BCUT2D eigenvalue weighted by Crippen LogP contribution is 2.24. The highest BCUT2D eigenvalue weighted by atomic mass is 32.2. The number of hydrogen-bond acceptors (Lipinski definition) is 3. The van der Waals surface area contributed by atoms with Crippen molar-refractivity contribution in [1.29, 1.82) is 0 Å². The number of rotatable bonds is 4. The number of likely N-dealkylation sites (N-methyl/N-ethyl adjacent to an activating group) is 1. The zero-order valence-corrected chi connectivity index (χ0v) is 10.4. The lowest BCUT2D eigenvalue weighted by molar-refractivity contribution is 0.0200. The first kappa shape index (κ1) is 12.3. The van der Waals surface area contributed by atoms with Crippen LogP contribution in [0.1, 0.15) is 32.6 Å². The van der Waals surface area contributed by atoms with E-state index in [4.69, 9.17) is 0 Å². The molecule has 3 atom stereocenters. The van der Waals surface area contributed by atoms with Gasteiger partial charge in [-0.15, -0.1) is 0 Å². The molecule has 1 aliphatic carbocycles. The van der Waals surface area contributed by atoms with E-state index in [0.29, 0.717) is 12.1 Å². The van der Waals surface area contributed by atoms with Crippen LogP contribution in [0.3, 0.4) is 0 Å². The maximum atomic E-state index is 9.91. The first-order chi connectivity index (χ1) is 6.66. The SMILES string of the molecule is CSCC(C)N(C)[C@H]1CCCC[C@@H]1O. The molecule has 1 fully saturated rings. The maximum absolute atomic E-state index is 9.91. The largest absolute Gasteiger partial charge is 0.391 e. The summed E-state index contributed by atoms with van der Waals surface area (Å²) in [5.74, 6) is 1.15. The zero-order valence-electron chi connectivity index (χ0n) is 9.57. The summed E-state index contributed by atoms with van der Waals surface area (Å²) in [6.45, 7) is 2.25. The molecule has 0 aromatic rings. The number of hydrogen-bond donors (Lipinski definition) is 1. The van der Waals surface area contributed by atoms with E-state index >= 15 is 0 Å². The van der Waals surface area contributed by atoms with Gasteiger partial charge in [0.25, 0.3) is 0 Å². The van der Waals surface area contributed by atoms with Gasteiger partial charge in [0.1, 0.15) is 0 Å². The van der Waals surface area contributed by atoms with Crippen LogP contribution in [0.25, 0.3) is 0 Å². The Morgan fingerprint density at radius 2 is 2.07 bits per heavy atom. The molecule has 14 heavy (non-hydrogen) atoms. The lowest BCUT2D eigenvalue weighted by atomic mass is 9.91. The van der Waals surface area contributed by atoms with Gasteiger partial charge < -0.3 is 5.11 Å². The monoisotopic (exact) mass is 217 g/mol. The molecule has 0 aromatic heterocycles. The average Bonchev–Trinajstić information content (AvgIpc) is 2.18. The van der Waals surface area contributed by atoms with Gasteiger partial charge in [-0.25, -0.2) is 0 Å². The standard InChI is InChI=1S/C11H23NOS/c1-9(8-14-3)12(2)10-6-4-5-7-11(10)13/h9-11,13H,4-8H2,1-3H3/t9?,10-,11-/m0/s1. The third-order valence-electron chi connectivity index (χ3n) is 3.32. The second-order valence-electron chi connectivity index (χ2n) is 4.39. The van der Waals surface area contributed by atoms with Crippen molar-refractivity contribution in [2.24, 2.45) is 0 Å². The van der Waals surface area contributed by atoms with Crippen molar-refractivity contribution in [3.8, 4) is 0 Å². The molecule has 1 saturated carbocycles. The van der Waals surface area contributed by atoms with Crippen LogP contribution in [0.4, 0.5) is 0 Å². The van der Waals surface area contributed by atoms with Crippen LogP contribution < -0.4 is 0 Å². The molecule has 0 amide bonds. The zero-order chi connectivity index (χ0) is 10.6. The van der Waals surface area contributed by atoms with Crippen LogP contribution in [-0.4, -0.2) is 47.3 Å². The Bertz CT molecular complexity index is 165. The highest BCUT2D eigenvalue weighted by Gasteiger charge is 2.28. The minimum atomic E-state index is -0.0990. The van der Waals surface area contributed by atoms with Gasteiger partial charge in [0.2, 0.25) is 0 Å². The maximum Gasteiger partial charge on any atom is 0.0695 e. The Morgan fingerprint density at radius 3 is 2.64 bits per heavy atom. The van der Waals surface area contributed by atoms with Gasteiger partial charge in [-0.1, -0.05) is 12.8 Å². The predicted molar refractivity (Wildman–Crippen MR) is 63.9 cm³/mol. The van der Waals surface area contributed by atoms with Crippen molar-refractivity contribution in [2.75, 3.05) is 19.1 Å². The van der Waals surface area contributed by atoms with E-state index in [1.807, 2.05) is 11.8 Å². The number of aliphatic hydroxyl groups is 1.